The SMILES string of the molecule is CC[C@H](O)CCCCC/C=C\C/C=C/CCCCCC(C)=O. The van der Waals surface area contributed by atoms with Gasteiger partial charge in [0, 0.05) is 6.42 Å². The first kappa shape index (κ1) is 21.1. The molecular formula is C20H36O2. The molecule has 0 heterocycles. The van der Waals surface area contributed by atoms with Crippen molar-refractivity contribution in [3.05, 3.63) is 24.3 Å². The number of ketones is 1. The van der Waals surface area contributed by atoms with Crippen LogP contribution < -0.4 is 0 Å². The van der Waals surface area contributed by atoms with Gasteiger partial charge in [0.15, 0.2) is 0 Å². The Hall–Kier alpha value is -0.890. The first-order valence-corrected chi connectivity index (χ1v) is 9.14. The Morgan fingerprint density at radius 1 is 0.909 bits per heavy atom. The Balaban J connectivity index is 3.26. The van der Waals surface area contributed by atoms with Gasteiger partial charge in [0.05, 0.1) is 6.10 Å². The minimum Gasteiger partial charge on any atom is -0.393 e. The largest absolute Gasteiger partial charge is 0.393 e. The van der Waals surface area contributed by atoms with Crippen molar-refractivity contribution >= 4 is 5.78 Å². The first-order valence-electron chi connectivity index (χ1n) is 9.14. The van der Waals surface area contributed by atoms with Crippen molar-refractivity contribution in [1.82, 2.24) is 0 Å². The zero-order valence-corrected chi connectivity index (χ0v) is 14.7. The molecule has 2 nitrogen and oxygen atoms in total. The maximum atomic E-state index is 10.8. The average Bonchev–Trinajstić information content (AvgIpc) is 2.50. The van der Waals surface area contributed by atoms with Gasteiger partial charge in [-0.05, 0) is 58.3 Å². The van der Waals surface area contributed by atoms with Crippen LogP contribution in [0.4, 0.5) is 0 Å². The molecule has 0 saturated heterocycles. The molecule has 0 unspecified atom stereocenters. The standard InChI is InChI=1S/C20H36O2/c1-3-20(22)18-16-14-12-10-8-6-4-5-7-9-11-13-15-17-19(2)21/h5-8,20,22H,3-4,9-18H2,1-2H3/b7-5+,8-6-/t20-/m0/s1. The van der Waals surface area contributed by atoms with E-state index >= 15 is 0 Å². The van der Waals surface area contributed by atoms with Crippen molar-refractivity contribution in [1.29, 1.82) is 0 Å². The van der Waals surface area contributed by atoms with Crippen molar-refractivity contribution in [2.75, 3.05) is 0 Å². The Bertz CT molecular complexity index is 305. The van der Waals surface area contributed by atoms with Crippen molar-refractivity contribution in [3.8, 4) is 0 Å². The molecule has 0 fully saturated rings. The highest BCUT2D eigenvalue weighted by atomic mass is 16.3. The number of carbonyl (C=O) groups is 1. The predicted octanol–water partition coefficient (Wildman–Crippen LogP) is 5.75. The van der Waals surface area contributed by atoms with Gasteiger partial charge in [-0.15, -0.1) is 0 Å². The van der Waals surface area contributed by atoms with E-state index in [1.165, 1.54) is 19.3 Å². The van der Waals surface area contributed by atoms with Gasteiger partial charge in [-0.1, -0.05) is 50.5 Å². The molecule has 1 N–H and O–H groups in total. The summed E-state index contributed by atoms with van der Waals surface area (Å²) in [5.41, 5.74) is 0. The lowest BCUT2D eigenvalue weighted by atomic mass is 10.1. The van der Waals surface area contributed by atoms with Crippen LogP contribution in [0.2, 0.25) is 0 Å². The lowest BCUT2D eigenvalue weighted by molar-refractivity contribution is -0.117. The molecule has 0 rings (SSSR count). The van der Waals surface area contributed by atoms with Gasteiger partial charge in [-0.25, -0.2) is 0 Å². The monoisotopic (exact) mass is 308 g/mol. The fourth-order valence-electron chi connectivity index (χ4n) is 2.34. The quantitative estimate of drug-likeness (QED) is 0.309. The van der Waals surface area contributed by atoms with Gasteiger partial charge in [0.1, 0.15) is 5.78 Å². The Morgan fingerprint density at radius 2 is 1.50 bits per heavy atom. The van der Waals surface area contributed by atoms with Crippen LogP contribution in [0, 0.1) is 0 Å². The zero-order chi connectivity index (χ0) is 16.5. The first-order chi connectivity index (χ1) is 10.7. The zero-order valence-electron chi connectivity index (χ0n) is 14.7. The van der Waals surface area contributed by atoms with Gasteiger partial charge in [-0.2, -0.15) is 0 Å². The lowest BCUT2D eigenvalue weighted by Crippen LogP contribution is -2.03. The molecular weight excluding hydrogens is 272 g/mol. The normalized spacial score (nSPS) is 13.2. The average molecular weight is 309 g/mol. The van der Waals surface area contributed by atoms with Gasteiger partial charge in [0.25, 0.3) is 0 Å². The summed E-state index contributed by atoms with van der Waals surface area (Å²) in [4.78, 5) is 10.8. The number of Topliss-reactive ketones (excluding diaryl/α,β-unsaturated/α-hetero) is 1. The summed E-state index contributed by atoms with van der Waals surface area (Å²) in [5, 5.41) is 9.44. The minimum atomic E-state index is -0.0943. The molecule has 0 aromatic carbocycles. The van der Waals surface area contributed by atoms with Crippen LogP contribution in [0.1, 0.15) is 90.9 Å². The minimum absolute atomic E-state index is 0.0943. The van der Waals surface area contributed by atoms with E-state index in [-0.39, 0.29) is 6.10 Å². The molecule has 0 bridgehead atoms. The smallest absolute Gasteiger partial charge is 0.129 e. The maximum absolute atomic E-state index is 10.8. The Labute approximate surface area is 137 Å². The van der Waals surface area contributed by atoms with Gasteiger partial charge in [0.2, 0.25) is 0 Å². The molecule has 0 aliphatic carbocycles. The molecule has 0 spiro atoms. The number of carbonyl (C=O) groups excluding carboxylic acids is 1. The number of aliphatic hydroxyl groups excluding tert-OH is 1. The maximum Gasteiger partial charge on any atom is 0.129 e. The van der Waals surface area contributed by atoms with Crippen LogP contribution in [0.25, 0.3) is 0 Å². The second-order valence-electron chi connectivity index (χ2n) is 6.18. The molecule has 0 aliphatic heterocycles. The molecule has 0 radical (unpaired) electrons. The van der Waals surface area contributed by atoms with E-state index in [2.05, 4.69) is 24.3 Å². The van der Waals surface area contributed by atoms with E-state index in [4.69, 9.17) is 0 Å². The van der Waals surface area contributed by atoms with Crippen LogP contribution in [-0.2, 0) is 4.79 Å². The highest BCUT2D eigenvalue weighted by Crippen LogP contribution is 2.08. The van der Waals surface area contributed by atoms with Gasteiger partial charge < -0.3 is 9.90 Å². The van der Waals surface area contributed by atoms with E-state index in [1.54, 1.807) is 6.92 Å². The van der Waals surface area contributed by atoms with Crippen LogP contribution >= 0.6 is 0 Å². The van der Waals surface area contributed by atoms with Crippen molar-refractivity contribution < 1.29 is 9.90 Å². The third-order valence-corrected chi connectivity index (χ3v) is 3.88. The van der Waals surface area contributed by atoms with Gasteiger partial charge in [-0.3, -0.25) is 0 Å². The summed E-state index contributed by atoms with van der Waals surface area (Å²) < 4.78 is 0. The lowest BCUT2D eigenvalue weighted by Gasteiger charge is -2.05. The summed E-state index contributed by atoms with van der Waals surface area (Å²) in [7, 11) is 0. The summed E-state index contributed by atoms with van der Waals surface area (Å²) >= 11 is 0. The van der Waals surface area contributed by atoms with Crippen molar-refractivity contribution in [3.63, 3.8) is 0 Å². The molecule has 1 atom stereocenters. The molecule has 0 aromatic rings. The van der Waals surface area contributed by atoms with Crippen molar-refractivity contribution in [2.45, 2.75) is 97.0 Å². The summed E-state index contributed by atoms with van der Waals surface area (Å²) in [5.74, 6) is 0.308. The highest BCUT2D eigenvalue weighted by molar-refractivity contribution is 5.75. The van der Waals surface area contributed by atoms with Crippen molar-refractivity contribution in [2.24, 2.45) is 0 Å². The molecule has 0 aromatic heterocycles. The van der Waals surface area contributed by atoms with Crippen LogP contribution in [-0.4, -0.2) is 17.0 Å². The number of unbranched alkanes of at least 4 members (excludes halogenated alkanes) is 6. The van der Waals surface area contributed by atoms with Crippen LogP contribution in [0.5, 0.6) is 0 Å². The van der Waals surface area contributed by atoms with E-state index in [0.29, 0.717) is 5.78 Å². The number of hydrogen-bond donors (Lipinski definition) is 1. The molecule has 2 heteroatoms. The van der Waals surface area contributed by atoms with E-state index in [0.717, 1.165) is 57.8 Å². The fraction of sp³-hybridized carbons (Fsp3) is 0.750. The Morgan fingerprint density at radius 3 is 2.05 bits per heavy atom. The third-order valence-electron chi connectivity index (χ3n) is 3.88. The number of aliphatic hydroxyl groups is 1. The Kier molecular flexibility index (Phi) is 15.8. The van der Waals surface area contributed by atoms with E-state index in [9.17, 15) is 9.90 Å². The highest BCUT2D eigenvalue weighted by Gasteiger charge is 1.98. The third kappa shape index (κ3) is 17.2. The molecule has 128 valence electrons. The topological polar surface area (TPSA) is 37.3 Å². The van der Waals surface area contributed by atoms with Crippen LogP contribution in [0.15, 0.2) is 24.3 Å². The second-order valence-corrected chi connectivity index (χ2v) is 6.18. The van der Waals surface area contributed by atoms with E-state index in [1.807, 2.05) is 6.92 Å². The number of allylic oxidation sites excluding steroid dienone is 4. The van der Waals surface area contributed by atoms with E-state index < -0.39 is 0 Å². The van der Waals surface area contributed by atoms with Gasteiger partial charge >= 0.3 is 0 Å². The number of hydrogen-bond acceptors (Lipinski definition) is 2. The molecule has 0 amide bonds. The fourth-order valence-corrected chi connectivity index (χ4v) is 2.34. The second kappa shape index (κ2) is 16.5. The summed E-state index contributed by atoms with van der Waals surface area (Å²) in [6, 6.07) is 0. The molecule has 22 heavy (non-hydrogen) atoms. The molecule has 0 saturated carbocycles. The van der Waals surface area contributed by atoms with Crippen LogP contribution in [0.3, 0.4) is 0 Å². The number of rotatable bonds is 15. The summed E-state index contributed by atoms with van der Waals surface area (Å²) in [6.07, 6.45) is 21.8. The summed E-state index contributed by atoms with van der Waals surface area (Å²) in [6.45, 7) is 3.70. The predicted molar refractivity (Wildman–Crippen MR) is 96.0 cm³/mol. The molecule has 0 aliphatic rings.